The van der Waals surface area contributed by atoms with Crippen LogP contribution >= 0.6 is 0 Å². The number of hydrogen-bond acceptors (Lipinski definition) is 6. The van der Waals surface area contributed by atoms with Crippen LogP contribution in [0.15, 0.2) is 12.1 Å². The largest absolute Gasteiger partial charge is 0.480 e. The molecule has 2 N–H and O–H groups in total. The first-order valence-electron chi connectivity index (χ1n) is 5.66. The van der Waals surface area contributed by atoms with E-state index in [9.17, 15) is 9.90 Å². The van der Waals surface area contributed by atoms with Crippen LogP contribution in [0.4, 0.5) is 5.82 Å². The van der Waals surface area contributed by atoms with Gasteiger partial charge in [0.25, 0.3) is 0 Å². The van der Waals surface area contributed by atoms with Crippen molar-refractivity contribution in [3.8, 4) is 0 Å². The molecule has 1 aliphatic carbocycles. The van der Waals surface area contributed by atoms with Crippen LogP contribution in [0, 0.1) is 5.92 Å². The van der Waals surface area contributed by atoms with Gasteiger partial charge in [0.1, 0.15) is 11.4 Å². The summed E-state index contributed by atoms with van der Waals surface area (Å²) in [5.74, 6) is -0.281. The molecule has 0 saturated heterocycles. The number of tetrazole rings is 1. The number of carboxylic acids is 1. The van der Waals surface area contributed by atoms with E-state index in [1.807, 2.05) is 0 Å². The van der Waals surface area contributed by atoms with Crippen LogP contribution < -0.4 is 5.32 Å². The molecule has 1 atom stereocenters. The summed E-state index contributed by atoms with van der Waals surface area (Å²) in [5, 5.41) is 27.3. The third-order valence-electron chi connectivity index (χ3n) is 3.30. The minimum Gasteiger partial charge on any atom is -0.480 e. The van der Waals surface area contributed by atoms with Crippen molar-refractivity contribution in [1.82, 2.24) is 25.3 Å². The van der Waals surface area contributed by atoms with Gasteiger partial charge in [0.2, 0.25) is 0 Å². The van der Waals surface area contributed by atoms with E-state index in [2.05, 4.69) is 25.9 Å². The minimum atomic E-state index is -0.991. The Labute approximate surface area is 102 Å². The molecule has 3 rings (SSSR count). The second-order valence-corrected chi connectivity index (χ2v) is 4.65. The van der Waals surface area contributed by atoms with Gasteiger partial charge in [-0.05, 0) is 48.2 Å². The third kappa shape index (κ3) is 1.66. The number of anilines is 1. The molecule has 1 aliphatic rings. The lowest BCUT2D eigenvalue weighted by molar-refractivity contribution is -0.142. The number of fused-ring (bicyclic) bond motifs is 1. The first-order valence-corrected chi connectivity index (χ1v) is 5.66. The fraction of sp³-hybridized carbons (Fsp3) is 0.500. The van der Waals surface area contributed by atoms with Crippen molar-refractivity contribution < 1.29 is 9.90 Å². The maximum absolute atomic E-state index is 11.4. The Morgan fingerprint density at radius 1 is 1.56 bits per heavy atom. The number of nitrogens with one attached hydrogen (secondary N) is 1. The quantitative estimate of drug-likeness (QED) is 0.795. The molecule has 0 spiro atoms. The summed E-state index contributed by atoms with van der Waals surface area (Å²) < 4.78 is 1.26. The second-order valence-electron chi connectivity index (χ2n) is 4.65. The average Bonchev–Trinajstić information content (AvgIpc) is 3.09. The highest BCUT2D eigenvalue weighted by molar-refractivity contribution is 5.82. The molecule has 8 nitrogen and oxygen atoms in total. The maximum Gasteiger partial charge on any atom is 0.329 e. The molecule has 0 amide bonds. The Hall–Kier alpha value is -2.25. The monoisotopic (exact) mass is 248 g/mol. The van der Waals surface area contributed by atoms with Gasteiger partial charge in [0.05, 0.1) is 0 Å². The van der Waals surface area contributed by atoms with Gasteiger partial charge in [0, 0.05) is 0 Å². The van der Waals surface area contributed by atoms with Crippen molar-refractivity contribution in [1.29, 1.82) is 0 Å². The van der Waals surface area contributed by atoms with E-state index in [0.29, 0.717) is 11.5 Å². The lowest BCUT2D eigenvalue weighted by Crippen LogP contribution is -2.45. The minimum absolute atomic E-state index is 0.140. The van der Waals surface area contributed by atoms with Crippen LogP contribution in [0.2, 0.25) is 0 Å². The summed E-state index contributed by atoms with van der Waals surface area (Å²) in [6.45, 7) is 1.68. The summed E-state index contributed by atoms with van der Waals surface area (Å²) in [7, 11) is 0. The molecule has 2 aromatic rings. The van der Waals surface area contributed by atoms with Crippen LogP contribution in [-0.4, -0.2) is 41.9 Å². The molecule has 18 heavy (non-hydrogen) atoms. The van der Waals surface area contributed by atoms with Gasteiger partial charge in [-0.1, -0.05) is 0 Å². The molecule has 0 bridgehead atoms. The zero-order chi connectivity index (χ0) is 12.8. The van der Waals surface area contributed by atoms with E-state index >= 15 is 0 Å². The lowest BCUT2D eigenvalue weighted by atomic mass is 9.96. The number of aliphatic carboxylic acids is 1. The molecule has 94 valence electrons. The van der Waals surface area contributed by atoms with Gasteiger partial charge in [0.15, 0.2) is 5.65 Å². The summed E-state index contributed by atoms with van der Waals surface area (Å²) in [4.78, 5) is 11.4. The molecule has 1 fully saturated rings. The molecule has 2 heterocycles. The van der Waals surface area contributed by atoms with Crippen molar-refractivity contribution in [3.05, 3.63) is 12.1 Å². The third-order valence-corrected chi connectivity index (χ3v) is 3.30. The van der Waals surface area contributed by atoms with Gasteiger partial charge in [-0.3, -0.25) is 0 Å². The number of nitrogens with zero attached hydrogens (tertiary/aromatic N) is 5. The van der Waals surface area contributed by atoms with Crippen LogP contribution in [0.3, 0.4) is 0 Å². The topological polar surface area (TPSA) is 105 Å². The second kappa shape index (κ2) is 3.62. The van der Waals surface area contributed by atoms with E-state index in [1.165, 1.54) is 4.63 Å². The smallest absolute Gasteiger partial charge is 0.329 e. The van der Waals surface area contributed by atoms with Crippen molar-refractivity contribution in [2.75, 3.05) is 5.32 Å². The van der Waals surface area contributed by atoms with E-state index < -0.39 is 11.5 Å². The Bertz CT molecular complexity index is 607. The zero-order valence-electron chi connectivity index (χ0n) is 9.74. The zero-order valence-corrected chi connectivity index (χ0v) is 9.74. The predicted molar refractivity (Wildman–Crippen MR) is 61.0 cm³/mol. The molecule has 0 radical (unpaired) electrons. The van der Waals surface area contributed by atoms with E-state index in [1.54, 1.807) is 19.1 Å². The summed E-state index contributed by atoms with van der Waals surface area (Å²) >= 11 is 0. The SMILES string of the molecule is CC(Nc1ccc2nnnn2n1)(C(=O)O)C1CC1. The van der Waals surface area contributed by atoms with E-state index in [-0.39, 0.29) is 5.92 Å². The molecule has 2 aromatic heterocycles. The van der Waals surface area contributed by atoms with Crippen LogP contribution in [0.5, 0.6) is 0 Å². The fourth-order valence-electron chi connectivity index (χ4n) is 1.97. The Kier molecular flexibility index (Phi) is 2.19. The highest BCUT2D eigenvalue weighted by atomic mass is 16.4. The molecule has 0 aromatic carbocycles. The number of rotatable bonds is 4. The first-order chi connectivity index (χ1) is 8.59. The first kappa shape index (κ1) is 10.9. The summed E-state index contributed by atoms with van der Waals surface area (Å²) in [6, 6.07) is 3.36. The Balaban J connectivity index is 1.92. The maximum atomic E-state index is 11.4. The Morgan fingerprint density at radius 2 is 2.33 bits per heavy atom. The molecular weight excluding hydrogens is 236 g/mol. The van der Waals surface area contributed by atoms with Crippen molar-refractivity contribution in [2.45, 2.75) is 25.3 Å². The number of carbonyl (C=O) groups is 1. The van der Waals surface area contributed by atoms with Gasteiger partial charge < -0.3 is 10.4 Å². The molecular formula is C10H12N6O2. The summed E-state index contributed by atoms with van der Waals surface area (Å²) in [5.41, 5.74) is -0.474. The molecule has 8 heteroatoms. The van der Waals surface area contributed by atoms with E-state index in [4.69, 9.17) is 0 Å². The van der Waals surface area contributed by atoms with Crippen LogP contribution in [0.1, 0.15) is 19.8 Å². The normalized spacial score (nSPS) is 18.5. The highest BCUT2D eigenvalue weighted by Crippen LogP contribution is 2.41. The predicted octanol–water partition coefficient (Wildman–Crippen LogP) is 0.184. The van der Waals surface area contributed by atoms with E-state index in [0.717, 1.165) is 12.8 Å². The summed E-state index contributed by atoms with van der Waals surface area (Å²) in [6.07, 6.45) is 1.84. The van der Waals surface area contributed by atoms with Gasteiger partial charge in [-0.25, -0.2) is 4.79 Å². The number of carboxylic acid groups (broad SMARTS) is 1. The van der Waals surface area contributed by atoms with Crippen LogP contribution in [0.25, 0.3) is 5.65 Å². The molecule has 0 aliphatic heterocycles. The molecule has 1 unspecified atom stereocenters. The van der Waals surface area contributed by atoms with Gasteiger partial charge in [-0.2, -0.15) is 0 Å². The van der Waals surface area contributed by atoms with Gasteiger partial charge >= 0.3 is 5.97 Å². The standard InChI is InChI=1S/C10H12N6O2/c1-10(9(17)18,6-2-3-6)11-7-4-5-8-12-14-15-16(8)13-7/h4-6H,2-3H2,1H3,(H,11,13)(H,17,18). The number of hydrogen-bond donors (Lipinski definition) is 2. The van der Waals surface area contributed by atoms with Crippen molar-refractivity contribution in [3.63, 3.8) is 0 Å². The van der Waals surface area contributed by atoms with Crippen LogP contribution in [-0.2, 0) is 4.79 Å². The Morgan fingerprint density at radius 3 is 3.00 bits per heavy atom. The van der Waals surface area contributed by atoms with Crippen molar-refractivity contribution >= 4 is 17.4 Å². The number of aromatic nitrogens is 5. The lowest BCUT2D eigenvalue weighted by Gasteiger charge is -2.26. The fourth-order valence-corrected chi connectivity index (χ4v) is 1.97. The van der Waals surface area contributed by atoms with Gasteiger partial charge in [-0.15, -0.1) is 14.8 Å². The molecule has 1 saturated carbocycles. The average molecular weight is 248 g/mol. The highest BCUT2D eigenvalue weighted by Gasteiger charge is 2.47. The van der Waals surface area contributed by atoms with Crippen molar-refractivity contribution in [2.24, 2.45) is 5.92 Å².